The molecule has 0 N–H and O–H groups in total. The highest BCUT2D eigenvalue weighted by molar-refractivity contribution is 9.10. The number of hydrogen-bond acceptors (Lipinski definition) is 2. The highest BCUT2D eigenvalue weighted by Gasteiger charge is 1.91. The van der Waals surface area contributed by atoms with Gasteiger partial charge in [0.2, 0.25) is 0 Å². The summed E-state index contributed by atoms with van der Waals surface area (Å²) in [5.41, 5.74) is -0.229. The van der Waals surface area contributed by atoms with Crippen molar-refractivity contribution in [2.75, 3.05) is 0 Å². The Kier molecular flexibility index (Phi) is 1.66. The van der Waals surface area contributed by atoms with E-state index in [9.17, 15) is 4.79 Å². The first-order valence-corrected chi connectivity index (χ1v) is 3.17. The van der Waals surface area contributed by atoms with E-state index >= 15 is 0 Å². The van der Waals surface area contributed by atoms with E-state index in [-0.39, 0.29) is 5.56 Å². The zero-order chi connectivity index (χ0) is 6.85. The van der Waals surface area contributed by atoms with Gasteiger partial charge < -0.3 is 4.57 Å². The molecule has 0 bridgehead atoms. The molecule has 0 spiro atoms. The topological polar surface area (TPSA) is 34.9 Å². The van der Waals surface area contributed by atoms with Crippen molar-refractivity contribution in [3.63, 3.8) is 0 Å². The van der Waals surface area contributed by atoms with Crippen LogP contribution in [0.3, 0.4) is 0 Å². The Hall–Kier alpha value is -0.640. The molecule has 0 aliphatic rings. The van der Waals surface area contributed by atoms with Crippen molar-refractivity contribution < 1.29 is 0 Å². The van der Waals surface area contributed by atoms with Gasteiger partial charge in [-0.1, -0.05) is 0 Å². The number of hydrogen-bond donors (Lipinski definition) is 0. The van der Waals surface area contributed by atoms with E-state index in [1.807, 2.05) is 0 Å². The minimum Gasteiger partial charge on any atom is -0.341 e. The Morgan fingerprint density at radius 2 is 2.44 bits per heavy atom. The van der Waals surface area contributed by atoms with Gasteiger partial charge in [0.25, 0.3) is 5.56 Å². The van der Waals surface area contributed by atoms with Gasteiger partial charge in [0.15, 0.2) is 0 Å². The maximum absolute atomic E-state index is 10.6. The molecule has 3 nitrogen and oxygen atoms in total. The van der Waals surface area contributed by atoms with Crippen molar-refractivity contribution in [1.29, 1.82) is 0 Å². The molecule has 0 saturated carbocycles. The van der Waals surface area contributed by atoms with Crippen LogP contribution in [0.15, 0.2) is 21.8 Å². The number of aromatic nitrogens is 2. The van der Waals surface area contributed by atoms with Gasteiger partial charge in [0.05, 0.1) is 6.33 Å². The van der Waals surface area contributed by atoms with E-state index in [2.05, 4.69) is 20.9 Å². The van der Waals surface area contributed by atoms with Crippen LogP contribution in [-0.4, -0.2) is 9.55 Å². The lowest BCUT2D eigenvalue weighted by atomic mass is 10.6. The molecule has 0 fully saturated rings. The van der Waals surface area contributed by atoms with Crippen LogP contribution in [0.2, 0.25) is 0 Å². The van der Waals surface area contributed by atoms with E-state index in [1.54, 1.807) is 17.8 Å². The van der Waals surface area contributed by atoms with Gasteiger partial charge in [-0.15, -0.1) is 0 Å². The van der Waals surface area contributed by atoms with Crippen molar-refractivity contribution in [3.8, 4) is 0 Å². The summed E-state index contributed by atoms with van der Waals surface area (Å²) in [4.78, 5) is 14.1. The van der Waals surface area contributed by atoms with E-state index in [4.69, 9.17) is 0 Å². The van der Waals surface area contributed by atoms with Crippen LogP contribution in [0.25, 0.3) is 0 Å². The fourth-order valence-corrected chi connectivity index (χ4v) is 0.898. The standard InChI is InChI=1S/C5H5BrN2O/c1-8-2-4(6)5(9)7-3-8/h2-3H,1H3. The third-order valence-electron chi connectivity index (χ3n) is 0.878. The molecule has 0 aliphatic carbocycles. The number of rotatable bonds is 0. The Bertz CT molecular complexity index is 268. The van der Waals surface area contributed by atoms with Gasteiger partial charge in [-0.25, -0.2) is 0 Å². The molecule has 1 rings (SSSR count). The third-order valence-corrected chi connectivity index (χ3v) is 1.42. The van der Waals surface area contributed by atoms with E-state index in [1.165, 1.54) is 6.33 Å². The first-order chi connectivity index (χ1) is 4.20. The zero-order valence-corrected chi connectivity index (χ0v) is 6.42. The molecule has 48 valence electrons. The average Bonchev–Trinajstić information content (AvgIpc) is 1.80. The molecule has 1 heterocycles. The summed E-state index contributed by atoms with van der Waals surface area (Å²) in [6.45, 7) is 0. The molecule has 9 heavy (non-hydrogen) atoms. The van der Waals surface area contributed by atoms with Crippen LogP contribution >= 0.6 is 15.9 Å². The van der Waals surface area contributed by atoms with Crippen molar-refractivity contribution in [3.05, 3.63) is 27.4 Å². The first-order valence-electron chi connectivity index (χ1n) is 2.38. The summed E-state index contributed by atoms with van der Waals surface area (Å²) in [5.74, 6) is 0. The predicted octanol–water partition coefficient (Wildman–Crippen LogP) is 0.543. The Morgan fingerprint density at radius 1 is 1.78 bits per heavy atom. The van der Waals surface area contributed by atoms with Gasteiger partial charge in [-0.05, 0) is 15.9 Å². The summed E-state index contributed by atoms with van der Waals surface area (Å²) in [6.07, 6.45) is 3.13. The van der Waals surface area contributed by atoms with Crippen LogP contribution in [0.1, 0.15) is 0 Å². The van der Waals surface area contributed by atoms with Gasteiger partial charge in [-0.3, -0.25) is 4.79 Å². The van der Waals surface area contributed by atoms with E-state index < -0.39 is 0 Å². The minimum atomic E-state index is -0.229. The van der Waals surface area contributed by atoms with Crippen molar-refractivity contribution in [2.24, 2.45) is 7.05 Å². The smallest absolute Gasteiger partial charge is 0.286 e. The molecule has 0 radical (unpaired) electrons. The average molecular weight is 189 g/mol. The second-order valence-electron chi connectivity index (χ2n) is 1.69. The summed E-state index contributed by atoms with van der Waals surface area (Å²) in [5, 5.41) is 0. The SMILES string of the molecule is Cn1cnc(=O)c(Br)c1. The highest BCUT2D eigenvalue weighted by Crippen LogP contribution is 1.96. The lowest BCUT2D eigenvalue weighted by molar-refractivity contribution is 0.845. The summed E-state index contributed by atoms with van der Waals surface area (Å²) < 4.78 is 2.19. The molecule has 1 aromatic heterocycles. The Labute approximate surface area is 60.5 Å². The first kappa shape index (κ1) is 6.48. The molecular weight excluding hydrogens is 184 g/mol. The summed E-state index contributed by atoms with van der Waals surface area (Å²) >= 11 is 3.05. The molecule has 0 saturated heterocycles. The monoisotopic (exact) mass is 188 g/mol. The van der Waals surface area contributed by atoms with Crippen LogP contribution in [0.4, 0.5) is 0 Å². The van der Waals surface area contributed by atoms with E-state index in [0.717, 1.165) is 0 Å². The second-order valence-corrected chi connectivity index (χ2v) is 2.55. The fourth-order valence-electron chi connectivity index (χ4n) is 0.473. The number of nitrogens with zero attached hydrogens (tertiary/aromatic N) is 2. The predicted molar refractivity (Wildman–Crippen MR) is 37.2 cm³/mol. The van der Waals surface area contributed by atoms with Crippen LogP contribution in [-0.2, 0) is 7.05 Å². The second kappa shape index (κ2) is 2.31. The minimum absolute atomic E-state index is 0.229. The quantitative estimate of drug-likeness (QED) is 0.597. The Morgan fingerprint density at radius 3 is 2.89 bits per heavy atom. The zero-order valence-electron chi connectivity index (χ0n) is 4.84. The van der Waals surface area contributed by atoms with Crippen molar-refractivity contribution in [2.45, 2.75) is 0 Å². The summed E-state index contributed by atoms with van der Waals surface area (Å²) in [6, 6.07) is 0. The van der Waals surface area contributed by atoms with Crippen molar-refractivity contribution in [1.82, 2.24) is 9.55 Å². The molecule has 0 aliphatic heterocycles. The van der Waals surface area contributed by atoms with Crippen molar-refractivity contribution >= 4 is 15.9 Å². The number of halogens is 1. The largest absolute Gasteiger partial charge is 0.341 e. The van der Waals surface area contributed by atoms with E-state index in [0.29, 0.717) is 4.47 Å². The van der Waals surface area contributed by atoms with Gasteiger partial charge >= 0.3 is 0 Å². The normalized spacial score (nSPS) is 9.56. The molecule has 0 aromatic carbocycles. The van der Waals surface area contributed by atoms with Gasteiger partial charge in [-0.2, -0.15) is 4.98 Å². The number of aryl methyl sites for hydroxylation is 1. The maximum Gasteiger partial charge on any atom is 0.286 e. The molecular formula is C5H5BrN2O. The maximum atomic E-state index is 10.6. The molecule has 1 aromatic rings. The van der Waals surface area contributed by atoms with Crippen LogP contribution < -0.4 is 5.56 Å². The summed E-state index contributed by atoms with van der Waals surface area (Å²) in [7, 11) is 1.80. The van der Waals surface area contributed by atoms with Gasteiger partial charge in [0.1, 0.15) is 4.47 Å². The lowest BCUT2D eigenvalue weighted by Crippen LogP contribution is -2.08. The molecule has 4 heteroatoms. The van der Waals surface area contributed by atoms with Crippen LogP contribution in [0, 0.1) is 0 Å². The lowest BCUT2D eigenvalue weighted by Gasteiger charge is -1.92. The fraction of sp³-hybridized carbons (Fsp3) is 0.200. The molecule has 0 unspecified atom stereocenters. The molecule has 0 amide bonds. The van der Waals surface area contributed by atoms with Crippen LogP contribution in [0.5, 0.6) is 0 Å². The molecule has 0 atom stereocenters. The Balaban J connectivity index is 3.34. The highest BCUT2D eigenvalue weighted by atomic mass is 79.9. The van der Waals surface area contributed by atoms with Gasteiger partial charge in [0, 0.05) is 13.2 Å². The third kappa shape index (κ3) is 1.38.